The molecule has 0 radical (unpaired) electrons. The quantitative estimate of drug-likeness (QED) is 0.573. The second-order valence-electron chi connectivity index (χ2n) is 3.00. The molecule has 0 amide bonds. The molecule has 0 aliphatic heterocycles. The average molecular weight is 175 g/mol. The Bertz CT molecular complexity index is 145. The van der Waals surface area contributed by atoms with Gasteiger partial charge in [-0.1, -0.05) is 0 Å². The number of carbonyl (C=O) groups excluding carboxylic acids is 1. The fraction of sp³-hybridized carbons (Fsp3) is 0.875. The predicted molar refractivity (Wildman–Crippen MR) is 45.8 cm³/mol. The Labute approximate surface area is 72.9 Å². The minimum atomic E-state index is -0.710. The van der Waals surface area contributed by atoms with Crippen molar-refractivity contribution in [2.75, 3.05) is 19.8 Å². The molecular formula is C8H17NO3. The number of hydrogen-bond donors (Lipinski definition) is 2. The number of nitrogens with one attached hydrogen (secondary N) is 1. The van der Waals surface area contributed by atoms with Crippen LogP contribution in [0.5, 0.6) is 0 Å². The summed E-state index contributed by atoms with van der Waals surface area (Å²) in [7, 11) is 0. The van der Waals surface area contributed by atoms with E-state index in [1.54, 1.807) is 20.8 Å². The minimum Gasteiger partial charge on any atom is -0.465 e. The van der Waals surface area contributed by atoms with Gasteiger partial charge in [0.25, 0.3) is 0 Å². The molecule has 0 atom stereocenters. The highest BCUT2D eigenvalue weighted by atomic mass is 16.5. The first-order valence-electron chi connectivity index (χ1n) is 4.07. The third-order valence-corrected chi connectivity index (χ3v) is 1.46. The summed E-state index contributed by atoms with van der Waals surface area (Å²) in [5.74, 6) is -0.293. The van der Waals surface area contributed by atoms with E-state index in [1.165, 1.54) is 0 Å². The number of aliphatic hydroxyl groups excluding tert-OH is 1. The molecule has 0 aliphatic rings. The van der Waals surface area contributed by atoms with Crippen molar-refractivity contribution in [1.82, 2.24) is 5.32 Å². The molecule has 0 saturated heterocycles. The van der Waals surface area contributed by atoms with E-state index in [0.717, 1.165) is 0 Å². The number of esters is 1. The third-order valence-electron chi connectivity index (χ3n) is 1.46. The molecule has 0 aromatic heterocycles. The summed E-state index contributed by atoms with van der Waals surface area (Å²) < 4.78 is 4.82. The Kier molecular flexibility index (Phi) is 4.85. The molecule has 4 nitrogen and oxygen atoms in total. The Hall–Kier alpha value is -0.610. The maximum Gasteiger partial charge on any atom is 0.325 e. The Morgan fingerprint density at radius 1 is 1.58 bits per heavy atom. The molecule has 0 unspecified atom stereocenters. The molecule has 4 heteroatoms. The lowest BCUT2D eigenvalue weighted by atomic mass is 10.1. The fourth-order valence-corrected chi connectivity index (χ4v) is 0.752. The second-order valence-corrected chi connectivity index (χ2v) is 3.00. The van der Waals surface area contributed by atoms with Crippen LogP contribution in [-0.2, 0) is 9.53 Å². The molecular weight excluding hydrogens is 158 g/mol. The first-order chi connectivity index (χ1) is 5.54. The normalized spacial score (nSPS) is 11.3. The number of carbonyl (C=O) groups is 1. The van der Waals surface area contributed by atoms with Gasteiger partial charge in [-0.05, 0) is 20.8 Å². The monoisotopic (exact) mass is 175 g/mol. The van der Waals surface area contributed by atoms with Crippen LogP contribution in [-0.4, -0.2) is 36.4 Å². The first-order valence-corrected chi connectivity index (χ1v) is 4.07. The van der Waals surface area contributed by atoms with Gasteiger partial charge in [0, 0.05) is 6.54 Å². The molecule has 0 aromatic carbocycles. The van der Waals surface area contributed by atoms with E-state index < -0.39 is 5.54 Å². The zero-order valence-corrected chi connectivity index (χ0v) is 7.89. The molecule has 72 valence electrons. The zero-order chi connectivity index (χ0) is 9.61. The molecule has 0 spiro atoms. The number of rotatable bonds is 5. The summed E-state index contributed by atoms with van der Waals surface area (Å²) in [4.78, 5) is 11.2. The molecule has 12 heavy (non-hydrogen) atoms. The van der Waals surface area contributed by atoms with E-state index in [9.17, 15) is 4.79 Å². The largest absolute Gasteiger partial charge is 0.465 e. The van der Waals surface area contributed by atoms with Crippen LogP contribution >= 0.6 is 0 Å². The lowest BCUT2D eigenvalue weighted by molar-refractivity contribution is -0.149. The van der Waals surface area contributed by atoms with Gasteiger partial charge in [-0.15, -0.1) is 0 Å². The van der Waals surface area contributed by atoms with Crippen molar-refractivity contribution >= 4 is 5.97 Å². The summed E-state index contributed by atoms with van der Waals surface area (Å²) in [5, 5.41) is 11.4. The van der Waals surface area contributed by atoms with Crippen LogP contribution in [0.15, 0.2) is 0 Å². The van der Waals surface area contributed by atoms with E-state index in [-0.39, 0.29) is 12.6 Å². The van der Waals surface area contributed by atoms with Crippen LogP contribution in [0.2, 0.25) is 0 Å². The second kappa shape index (κ2) is 5.11. The molecule has 0 saturated carbocycles. The smallest absolute Gasteiger partial charge is 0.325 e. The Morgan fingerprint density at radius 3 is 2.58 bits per heavy atom. The van der Waals surface area contributed by atoms with Gasteiger partial charge >= 0.3 is 5.97 Å². The molecule has 2 N–H and O–H groups in total. The molecule has 0 aromatic rings. The standard InChI is InChI=1S/C8H17NO3/c1-4-12-7(11)8(2,3)9-5-6-10/h9-10H,4-6H2,1-3H3. The van der Waals surface area contributed by atoms with Crippen LogP contribution < -0.4 is 5.32 Å². The Balaban J connectivity index is 3.90. The lowest BCUT2D eigenvalue weighted by Gasteiger charge is -2.23. The molecule has 0 heterocycles. The summed E-state index contributed by atoms with van der Waals surface area (Å²) in [6, 6.07) is 0. The maximum absolute atomic E-state index is 11.2. The van der Waals surface area contributed by atoms with Crippen molar-refractivity contribution < 1.29 is 14.6 Å². The summed E-state index contributed by atoms with van der Waals surface area (Å²) >= 11 is 0. The van der Waals surface area contributed by atoms with E-state index in [2.05, 4.69) is 5.32 Å². The summed E-state index contributed by atoms with van der Waals surface area (Å²) in [6.45, 7) is 6.00. The van der Waals surface area contributed by atoms with Gasteiger partial charge in [0.15, 0.2) is 0 Å². The molecule has 0 bridgehead atoms. The molecule has 0 aliphatic carbocycles. The van der Waals surface area contributed by atoms with E-state index >= 15 is 0 Å². The van der Waals surface area contributed by atoms with E-state index in [1.807, 2.05) is 0 Å². The van der Waals surface area contributed by atoms with E-state index in [0.29, 0.717) is 13.2 Å². The summed E-state index contributed by atoms with van der Waals surface area (Å²) in [5.41, 5.74) is -0.710. The highest BCUT2D eigenvalue weighted by Crippen LogP contribution is 2.03. The van der Waals surface area contributed by atoms with Gasteiger partial charge in [-0.25, -0.2) is 0 Å². The van der Waals surface area contributed by atoms with Gasteiger partial charge < -0.3 is 15.2 Å². The highest BCUT2D eigenvalue weighted by Gasteiger charge is 2.27. The highest BCUT2D eigenvalue weighted by molar-refractivity contribution is 5.79. The van der Waals surface area contributed by atoms with Crippen LogP contribution in [0.3, 0.4) is 0 Å². The maximum atomic E-state index is 11.2. The van der Waals surface area contributed by atoms with Crippen molar-refractivity contribution in [3.05, 3.63) is 0 Å². The van der Waals surface area contributed by atoms with Gasteiger partial charge in [-0.3, -0.25) is 4.79 Å². The number of ether oxygens (including phenoxy) is 1. The van der Waals surface area contributed by atoms with Gasteiger partial charge in [0.2, 0.25) is 0 Å². The number of β-amino-alcohol motifs (C(OH)–C–C–N with tert-alkyl or cyclic N) is 1. The van der Waals surface area contributed by atoms with Crippen LogP contribution in [0.4, 0.5) is 0 Å². The Morgan fingerprint density at radius 2 is 2.17 bits per heavy atom. The van der Waals surface area contributed by atoms with Gasteiger partial charge in [0.1, 0.15) is 5.54 Å². The van der Waals surface area contributed by atoms with Crippen molar-refractivity contribution in [3.8, 4) is 0 Å². The fourth-order valence-electron chi connectivity index (χ4n) is 0.752. The van der Waals surface area contributed by atoms with Crippen molar-refractivity contribution in [2.24, 2.45) is 0 Å². The predicted octanol–water partition coefficient (Wildman–Crippen LogP) is -0.0900. The SMILES string of the molecule is CCOC(=O)C(C)(C)NCCO. The third kappa shape index (κ3) is 3.69. The van der Waals surface area contributed by atoms with Crippen molar-refractivity contribution in [1.29, 1.82) is 0 Å². The minimum absolute atomic E-state index is 0.0167. The van der Waals surface area contributed by atoms with Crippen LogP contribution in [0, 0.1) is 0 Å². The van der Waals surface area contributed by atoms with Gasteiger partial charge in [0.05, 0.1) is 13.2 Å². The topological polar surface area (TPSA) is 58.6 Å². The van der Waals surface area contributed by atoms with Crippen LogP contribution in [0.25, 0.3) is 0 Å². The van der Waals surface area contributed by atoms with Gasteiger partial charge in [-0.2, -0.15) is 0 Å². The van der Waals surface area contributed by atoms with E-state index in [4.69, 9.17) is 9.84 Å². The van der Waals surface area contributed by atoms with Crippen LogP contribution in [0.1, 0.15) is 20.8 Å². The molecule has 0 rings (SSSR count). The summed E-state index contributed by atoms with van der Waals surface area (Å²) in [6.07, 6.45) is 0. The number of hydrogen-bond acceptors (Lipinski definition) is 4. The lowest BCUT2D eigenvalue weighted by Crippen LogP contribution is -2.48. The average Bonchev–Trinajstić information content (AvgIpc) is 2.01. The number of aliphatic hydroxyl groups is 1. The zero-order valence-electron chi connectivity index (χ0n) is 7.89. The van der Waals surface area contributed by atoms with Crippen molar-refractivity contribution in [3.63, 3.8) is 0 Å². The van der Waals surface area contributed by atoms with Crippen molar-refractivity contribution in [2.45, 2.75) is 26.3 Å². The first kappa shape index (κ1) is 11.4. The molecule has 0 fully saturated rings.